The van der Waals surface area contributed by atoms with E-state index in [1.165, 1.54) is 0 Å². The largest absolute Gasteiger partial charge is 0.367 e. The molecule has 0 aromatic heterocycles. The third-order valence-corrected chi connectivity index (χ3v) is 1.66. The predicted molar refractivity (Wildman–Crippen MR) is 41.4 cm³/mol. The summed E-state index contributed by atoms with van der Waals surface area (Å²) in [5.41, 5.74) is -0.0225. The molecule has 0 spiro atoms. The lowest BCUT2D eigenvalue weighted by Crippen LogP contribution is -2.21. The van der Waals surface area contributed by atoms with Gasteiger partial charge in [0.1, 0.15) is 5.60 Å². The zero-order valence-corrected chi connectivity index (χ0v) is 7.42. The molecule has 0 amide bonds. The van der Waals surface area contributed by atoms with Gasteiger partial charge in [-0.25, -0.2) is 0 Å². The van der Waals surface area contributed by atoms with Crippen LogP contribution in [-0.4, -0.2) is 31.7 Å². The zero-order chi connectivity index (χ0) is 8.32. The Kier molecular flexibility index (Phi) is 2.87. The average molecular weight is 160 g/mol. The molecule has 1 fully saturated rings. The minimum atomic E-state index is -0.110. The zero-order valence-electron chi connectivity index (χ0n) is 7.42. The van der Waals surface area contributed by atoms with Gasteiger partial charge in [-0.2, -0.15) is 0 Å². The Morgan fingerprint density at radius 3 is 2.64 bits per heavy atom. The predicted octanol–water partition coefficient (Wildman–Crippen LogP) is 1.17. The van der Waals surface area contributed by atoms with Crippen molar-refractivity contribution in [3.05, 3.63) is 0 Å². The van der Waals surface area contributed by atoms with Crippen molar-refractivity contribution in [1.29, 1.82) is 0 Å². The fourth-order valence-corrected chi connectivity index (χ4v) is 0.783. The lowest BCUT2D eigenvalue weighted by Gasteiger charge is -2.13. The van der Waals surface area contributed by atoms with Gasteiger partial charge in [0.25, 0.3) is 0 Å². The Balaban J connectivity index is 2.01. The molecule has 2 atom stereocenters. The highest BCUT2D eigenvalue weighted by Crippen LogP contribution is 2.26. The van der Waals surface area contributed by atoms with Gasteiger partial charge in [-0.3, -0.25) is 0 Å². The summed E-state index contributed by atoms with van der Waals surface area (Å²) in [5, 5.41) is 0. The standard InChI is InChI=1S/C8H16O3/c1-4-9-7(2)10-5-8(3)6-11-8/h7H,4-6H2,1-3H3/t7-,8+/m1/s1. The molecule has 1 saturated heterocycles. The number of ether oxygens (including phenoxy) is 3. The molecule has 0 bridgehead atoms. The first kappa shape index (κ1) is 8.97. The molecule has 0 aromatic carbocycles. The van der Waals surface area contributed by atoms with Gasteiger partial charge in [0.05, 0.1) is 13.2 Å². The van der Waals surface area contributed by atoms with Gasteiger partial charge in [0.2, 0.25) is 0 Å². The van der Waals surface area contributed by atoms with Crippen LogP contribution in [0.25, 0.3) is 0 Å². The van der Waals surface area contributed by atoms with Crippen LogP contribution >= 0.6 is 0 Å². The van der Waals surface area contributed by atoms with E-state index in [1.807, 2.05) is 20.8 Å². The van der Waals surface area contributed by atoms with E-state index in [2.05, 4.69) is 0 Å². The summed E-state index contributed by atoms with van der Waals surface area (Å²) in [6, 6.07) is 0. The van der Waals surface area contributed by atoms with Gasteiger partial charge < -0.3 is 14.2 Å². The minimum Gasteiger partial charge on any atom is -0.367 e. The highest BCUT2D eigenvalue weighted by atomic mass is 16.7. The maximum Gasteiger partial charge on any atom is 0.154 e. The van der Waals surface area contributed by atoms with Crippen LogP contribution in [0, 0.1) is 0 Å². The normalized spacial score (nSPS) is 31.9. The molecule has 1 heterocycles. The Morgan fingerprint density at radius 2 is 2.18 bits per heavy atom. The lowest BCUT2D eigenvalue weighted by molar-refractivity contribution is -0.136. The first-order valence-electron chi connectivity index (χ1n) is 4.03. The third kappa shape index (κ3) is 3.18. The molecule has 0 aromatic rings. The monoisotopic (exact) mass is 160 g/mol. The Labute approximate surface area is 67.6 Å². The Morgan fingerprint density at radius 1 is 1.55 bits per heavy atom. The van der Waals surface area contributed by atoms with E-state index in [-0.39, 0.29) is 11.9 Å². The average Bonchev–Trinajstić information content (AvgIpc) is 2.66. The van der Waals surface area contributed by atoms with E-state index in [0.717, 1.165) is 6.61 Å². The molecule has 0 N–H and O–H groups in total. The maximum atomic E-state index is 5.36. The summed E-state index contributed by atoms with van der Waals surface area (Å²) < 4.78 is 15.7. The smallest absolute Gasteiger partial charge is 0.154 e. The van der Waals surface area contributed by atoms with E-state index < -0.39 is 0 Å². The quantitative estimate of drug-likeness (QED) is 0.447. The van der Waals surface area contributed by atoms with E-state index >= 15 is 0 Å². The molecule has 11 heavy (non-hydrogen) atoms. The number of rotatable bonds is 5. The first-order valence-corrected chi connectivity index (χ1v) is 4.03. The second-order valence-electron chi connectivity index (χ2n) is 3.07. The van der Waals surface area contributed by atoms with Gasteiger partial charge in [0, 0.05) is 6.61 Å². The van der Waals surface area contributed by atoms with Crippen LogP contribution in [0.1, 0.15) is 20.8 Å². The van der Waals surface area contributed by atoms with E-state index in [1.54, 1.807) is 0 Å². The molecule has 0 radical (unpaired) electrons. The summed E-state index contributed by atoms with van der Waals surface area (Å²) in [6.45, 7) is 8.02. The highest BCUT2D eigenvalue weighted by molar-refractivity contribution is 4.86. The minimum absolute atomic E-state index is 0.0225. The van der Waals surface area contributed by atoms with E-state index in [0.29, 0.717) is 13.2 Å². The molecule has 66 valence electrons. The van der Waals surface area contributed by atoms with Crippen molar-refractivity contribution in [1.82, 2.24) is 0 Å². The van der Waals surface area contributed by atoms with Crippen LogP contribution in [0.4, 0.5) is 0 Å². The SMILES string of the molecule is CCO[C@@H](C)OC[C@@]1(C)CO1. The molecule has 3 heteroatoms. The molecule has 0 aliphatic carbocycles. The van der Waals surface area contributed by atoms with Crippen molar-refractivity contribution in [2.24, 2.45) is 0 Å². The molecule has 1 aliphatic heterocycles. The van der Waals surface area contributed by atoms with E-state index in [4.69, 9.17) is 14.2 Å². The fraction of sp³-hybridized carbons (Fsp3) is 1.00. The first-order chi connectivity index (χ1) is 5.16. The second kappa shape index (κ2) is 3.52. The summed E-state index contributed by atoms with van der Waals surface area (Å²) in [6.07, 6.45) is -0.110. The van der Waals surface area contributed by atoms with Crippen LogP contribution in [0.5, 0.6) is 0 Å². The fourth-order valence-electron chi connectivity index (χ4n) is 0.783. The van der Waals surface area contributed by atoms with Crippen LogP contribution in [0.2, 0.25) is 0 Å². The summed E-state index contributed by atoms with van der Waals surface area (Å²) >= 11 is 0. The van der Waals surface area contributed by atoms with Crippen LogP contribution in [0.15, 0.2) is 0 Å². The van der Waals surface area contributed by atoms with Gasteiger partial charge >= 0.3 is 0 Å². The van der Waals surface area contributed by atoms with Crippen molar-refractivity contribution in [3.63, 3.8) is 0 Å². The molecular weight excluding hydrogens is 144 g/mol. The molecule has 0 unspecified atom stereocenters. The Bertz CT molecular complexity index is 121. The summed E-state index contributed by atoms with van der Waals surface area (Å²) in [7, 11) is 0. The van der Waals surface area contributed by atoms with Crippen LogP contribution < -0.4 is 0 Å². The van der Waals surface area contributed by atoms with Crippen molar-refractivity contribution in [3.8, 4) is 0 Å². The lowest BCUT2D eigenvalue weighted by atomic mass is 10.2. The van der Waals surface area contributed by atoms with Crippen molar-refractivity contribution in [2.45, 2.75) is 32.7 Å². The number of hydrogen-bond acceptors (Lipinski definition) is 3. The summed E-state index contributed by atoms with van der Waals surface area (Å²) in [4.78, 5) is 0. The van der Waals surface area contributed by atoms with Gasteiger partial charge in [0.15, 0.2) is 6.29 Å². The molecule has 0 saturated carbocycles. The van der Waals surface area contributed by atoms with Gasteiger partial charge in [-0.15, -0.1) is 0 Å². The van der Waals surface area contributed by atoms with Gasteiger partial charge in [-0.1, -0.05) is 0 Å². The third-order valence-electron chi connectivity index (χ3n) is 1.66. The van der Waals surface area contributed by atoms with E-state index in [9.17, 15) is 0 Å². The molecular formula is C8H16O3. The highest BCUT2D eigenvalue weighted by Gasteiger charge is 2.39. The van der Waals surface area contributed by atoms with Crippen LogP contribution in [0.3, 0.4) is 0 Å². The Hall–Kier alpha value is -0.120. The second-order valence-corrected chi connectivity index (χ2v) is 3.07. The topological polar surface area (TPSA) is 31.0 Å². The van der Waals surface area contributed by atoms with Gasteiger partial charge in [-0.05, 0) is 20.8 Å². The van der Waals surface area contributed by atoms with Crippen molar-refractivity contribution in [2.75, 3.05) is 19.8 Å². The van der Waals surface area contributed by atoms with Crippen molar-refractivity contribution >= 4 is 0 Å². The molecule has 1 rings (SSSR count). The molecule has 1 aliphatic rings. The summed E-state index contributed by atoms with van der Waals surface area (Å²) in [5.74, 6) is 0. The van der Waals surface area contributed by atoms with Crippen LogP contribution in [-0.2, 0) is 14.2 Å². The molecule has 3 nitrogen and oxygen atoms in total. The number of epoxide rings is 1. The maximum absolute atomic E-state index is 5.36. The number of hydrogen-bond donors (Lipinski definition) is 0. The van der Waals surface area contributed by atoms with Crippen molar-refractivity contribution < 1.29 is 14.2 Å².